The van der Waals surface area contributed by atoms with Crippen molar-refractivity contribution in [3.63, 3.8) is 0 Å². The SMILES string of the molecule is C[C@H](NCC1CCOc2ccccc21)c1cccc(F)c1. The number of para-hydroxylation sites is 1. The number of ether oxygens (including phenoxy) is 1. The molecule has 3 rings (SSSR count). The zero-order valence-electron chi connectivity index (χ0n) is 12.2. The molecule has 1 aliphatic heterocycles. The Morgan fingerprint density at radius 2 is 2.10 bits per heavy atom. The maximum Gasteiger partial charge on any atom is 0.123 e. The van der Waals surface area contributed by atoms with Gasteiger partial charge in [0.15, 0.2) is 0 Å². The van der Waals surface area contributed by atoms with Gasteiger partial charge in [-0.1, -0.05) is 30.3 Å². The zero-order valence-corrected chi connectivity index (χ0v) is 12.2. The number of halogens is 1. The number of hydrogen-bond donors (Lipinski definition) is 1. The van der Waals surface area contributed by atoms with Crippen molar-refractivity contribution in [3.8, 4) is 5.75 Å². The number of rotatable bonds is 4. The summed E-state index contributed by atoms with van der Waals surface area (Å²) in [6, 6.07) is 15.1. The molecule has 2 aromatic carbocycles. The van der Waals surface area contributed by atoms with Crippen LogP contribution in [-0.4, -0.2) is 13.2 Å². The average molecular weight is 285 g/mol. The predicted octanol–water partition coefficient (Wildman–Crippen LogP) is 4.04. The van der Waals surface area contributed by atoms with Crippen LogP contribution < -0.4 is 10.1 Å². The van der Waals surface area contributed by atoms with Crippen molar-refractivity contribution in [2.45, 2.75) is 25.3 Å². The molecule has 21 heavy (non-hydrogen) atoms. The second-order valence-electron chi connectivity index (χ2n) is 5.56. The summed E-state index contributed by atoms with van der Waals surface area (Å²) in [4.78, 5) is 0. The Kier molecular flexibility index (Phi) is 4.20. The van der Waals surface area contributed by atoms with E-state index in [9.17, 15) is 4.39 Å². The molecule has 0 aromatic heterocycles. The minimum atomic E-state index is -0.183. The summed E-state index contributed by atoms with van der Waals surface area (Å²) in [5, 5.41) is 3.51. The fourth-order valence-electron chi connectivity index (χ4n) is 2.84. The van der Waals surface area contributed by atoms with E-state index in [4.69, 9.17) is 4.74 Å². The Bertz CT molecular complexity index is 614. The van der Waals surface area contributed by atoms with E-state index in [2.05, 4.69) is 24.4 Å². The van der Waals surface area contributed by atoms with Crippen molar-refractivity contribution in [2.75, 3.05) is 13.2 Å². The van der Waals surface area contributed by atoms with Crippen LogP contribution in [0, 0.1) is 5.82 Å². The molecule has 0 spiro atoms. The third-order valence-electron chi connectivity index (χ3n) is 4.10. The molecular formula is C18H20FNO. The molecule has 0 fully saturated rings. The van der Waals surface area contributed by atoms with Crippen LogP contribution in [-0.2, 0) is 0 Å². The molecule has 1 aliphatic rings. The monoisotopic (exact) mass is 285 g/mol. The van der Waals surface area contributed by atoms with Crippen molar-refractivity contribution in [1.29, 1.82) is 0 Å². The van der Waals surface area contributed by atoms with Crippen molar-refractivity contribution < 1.29 is 9.13 Å². The Hall–Kier alpha value is -1.87. The Morgan fingerprint density at radius 1 is 1.24 bits per heavy atom. The highest BCUT2D eigenvalue weighted by atomic mass is 19.1. The molecule has 0 saturated carbocycles. The molecule has 1 heterocycles. The van der Waals surface area contributed by atoms with E-state index in [0.717, 1.165) is 30.9 Å². The third-order valence-corrected chi connectivity index (χ3v) is 4.10. The lowest BCUT2D eigenvalue weighted by Gasteiger charge is -2.27. The minimum absolute atomic E-state index is 0.135. The lowest BCUT2D eigenvalue weighted by Crippen LogP contribution is -2.28. The van der Waals surface area contributed by atoms with Gasteiger partial charge in [0.05, 0.1) is 6.61 Å². The largest absolute Gasteiger partial charge is 0.493 e. The normalized spacial score (nSPS) is 18.7. The summed E-state index contributed by atoms with van der Waals surface area (Å²) >= 11 is 0. The van der Waals surface area contributed by atoms with E-state index in [1.807, 2.05) is 18.2 Å². The second kappa shape index (κ2) is 6.27. The first-order valence-electron chi connectivity index (χ1n) is 7.44. The fourth-order valence-corrected chi connectivity index (χ4v) is 2.84. The van der Waals surface area contributed by atoms with Gasteiger partial charge in [-0.15, -0.1) is 0 Å². The van der Waals surface area contributed by atoms with Crippen LogP contribution in [0.4, 0.5) is 4.39 Å². The molecule has 1 unspecified atom stereocenters. The summed E-state index contributed by atoms with van der Waals surface area (Å²) in [6.45, 7) is 3.70. The molecule has 2 aromatic rings. The van der Waals surface area contributed by atoms with E-state index >= 15 is 0 Å². The number of fused-ring (bicyclic) bond motifs is 1. The third kappa shape index (κ3) is 3.24. The molecule has 0 bridgehead atoms. The predicted molar refractivity (Wildman–Crippen MR) is 82.1 cm³/mol. The average Bonchev–Trinajstić information content (AvgIpc) is 2.52. The van der Waals surface area contributed by atoms with Gasteiger partial charge in [-0.25, -0.2) is 4.39 Å². The van der Waals surface area contributed by atoms with Crippen LogP contribution >= 0.6 is 0 Å². The van der Waals surface area contributed by atoms with Gasteiger partial charge in [0.1, 0.15) is 11.6 Å². The molecular weight excluding hydrogens is 265 g/mol. The van der Waals surface area contributed by atoms with Gasteiger partial charge in [-0.3, -0.25) is 0 Å². The van der Waals surface area contributed by atoms with E-state index in [-0.39, 0.29) is 11.9 Å². The quantitative estimate of drug-likeness (QED) is 0.915. The smallest absolute Gasteiger partial charge is 0.123 e. The van der Waals surface area contributed by atoms with Gasteiger partial charge in [0, 0.05) is 18.5 Å². The maximum absolute atomic E-state index is 13.3. The summed E-state index contributed by atoms with van der Waals surface area (Å²) in [6.07, 6.45) is 1.01. The molecule has 2 nitrogen and oxygen atoms in total. The topological polar surface area (TPSA) is 21.3 Å². The molecule has 3 heteroatoms. The number of nitrogens with one attached hydrogen (secondary N) is 1. The second-order valence-corrected chi connectivity index (χ2v) is 5.56. The molecule has 110 valence electrons. The van der Waals surface area contributed by atoms with Gasteiger partial charge in [0.2, 0.25) is 0 Å². The number of hydrogen-bond acceptors (Lipinski definition) is 2. The first-order chi connectivity index (χ1) is 10.2. The standard InChI is InChI=1S/C18H20FNO/c1-13(14-5-4-6-16(19)11-14)20-12-15-9-10-21-18-8-3-2-7-17(15)18/h2-8,11,13,15,20H,9-10,12H2,1H3/t13-,15?/m0/s1. The Morgan fingerprint density at radius 3 is 2.95 bits per heavy atom. The summed E-state index contributed by atoms with van der Waals surface area (Å²) < 4.78 is 19.0. The Balaban J connectivity index is 1.66. The minimum Gasteiger partial charge on any atom is -0.493 e. The van der Waals surface area contributed by atoms with Gasteiger partial charge >= 0.3 is 0 Å². The van der Waals surface area contributed by atoms with Crippen LogP contribution in [0.3, 0.4) is 0 Å². The van der Waals surface area contributed by atoms with Crippen LogP contribution in [0.15, 0.2) is 48.5 Å². The van der Waals surface area contributed by atoms with Gasteiger partial charge < -0.3 is 10.1 Å². The lowest BCUT2D eigenvalue weighted by molar-refractivity contribution is 0.263. The van der Waals surface area contributed by atoms with Crippen molar-refractivity contribution in [3.05, 3.63) is 65.5 Å². The summed E-state index contributed by atoms with van der Waals surface area (Å²) in [7, 11) is 0. The van der Waals surface area contributed by atoms with Crippen LogP contribution in [0.25, 0.3) is 0 Å². The van der Waals surface area contributed by atoms with Crippen molar-refractivity contribution >= 4 is 0 Å². The highest BCUT2D eigenvalue weighted by Crippen LogP contribution is 2.33. The highest BCUT2D eigenvalue weighted by Gasteiger charge is 2.21. The van der Waals surface area contributed by atoms with E-state index in [1.165, 1.54) is 11.6 Å². The number of benzene rings is 2. The van der Waals surface area contributed by atoms with Crippen LogP contribution in [0.5, 0.6) is 5.75 Å². The molecule has 0 radical (unpaired) electrons. The molecule has 0 aliphatic carbocycles. The van der Waals surface area contributed by atoms with E-state index in [1.54, 1.807) is 12.1 Å². The van der Waals surface area contributed by atoms with Gasteiger partial charge in [-0.2, -0.15) is 0 Å². The van der Waals surface area contributed by atoms with Gasteiger partial charge in [0.25, 0.3) is 0 Å². The lowest BCUT2D eigenvalue weighted by atomic mass is 9.92. The highest BCUT2D eigenvalue weighted by molar-refractivity contribution is 5.38. The van der Waals surface area contributed by atoms with Crippen molar-refractivity contribution in [2.24, 2.45) is 0 Å². The van der Waals surface area contributed by atoms with E-state index in [0.29, 0.717) is 5.92 Å². The van der Waals surface area contributed by atoms with Crippen LogP contribution in [0.1, 0.15) is 36.4 Å². The molecule has 2 atom stereocenters. The molecule has 1 N–H and O–H groups in total. The summed E-state index contributed by atoms with van der Waals surface area (Å²) in [5.41, 5.74) is 2.25. The molecule has 0 saturated heterocycles. The zero-order chi connectivity index (χ0) is 14.7. The van der Waals surface area contributed by atoms with Crippen molar-refractivity contribution in [1.82, 2.24) is 5.32 Å². The fraction of sp³-hybridized carbons (Fsp3) is 0.333. The summed E-state index contributed by atoms with van der Waals surface area (Å²) in [5.74, 6) is 1.26. The van der Waals surface area contributed by atoms with Gasteiger partial charge in [-0.05, 0) is 42.7 Å². The van der Waals surface area contributed by atoms with Crippen LogP contribution in [0.2, 0.25) is 0 Å². The Labute approximate surface area is 125 Å². The first-order valence-corrected chi connectivity index (χ1v) is 7.44. The maximum atomic E-state index is 13.3. The van der Waals surface area contributed by atoms with E-state index < -0.39 is 0 Å². The molecule has 0 amide bonds. The first kappa shape index (κ1) is 14.1.